The van der Waals surface area contributed by atoms with E-state index in [1.807, 2.05) is 0 Å². The third-order valence-corrected chi connectivity index (χ3v) is 5.19. The van der Waals surface area contributed by atoms with E-state index in [9.17, 15) is 14.4 Å². The van der Waals surface area contributed by atoms with E-state index in [-0.39, 0.29) is 18.2 Å². The van der Waals surface area contributed by atoms with Gasteiger partial charge < -0.3 is 29.4 Å². The van der Waals surface area contributed by atoms with Crippen LogP contribution in [0.2, 0.25) is 0 Å². The van der Waals surface area contributed by atoms with E-state index >= 15 is 0 Å². The van der Waals surface area contributed by atoms with Gasteiger partial charge in [-0.2, -0.15) is 0 Å². The zero-order valence-corrected chi connectivity index (χ0v) is 18.2. The van der Waals surface area contributed by atoms with Crippen LogP contribution in [0.5, 0.6) is 5.75 Å². The molecule has 1 fully saturated rings. The van der Waals surface area contributed by atoms with Crippen molar-refractivity contribution < 1.29 is 28.6 Å². The van der Waals surface area contributed by atoms with Gasteiger partial charge in [0.25, 0.3) is 5.91 Å². The van der Waals surface area contributed by atoms with Gasteiger partial charge in [0.05, 0.1) is 25.0 Å². The molecule has 0 aliphatic carbocycles. The second-order valence-corrected chi connectivity index (χ2v) is 7.24. The third kappa shape index (κ3) is 4.72. The molecule has 0 saturated carbocycles. The summed E-state index contributed by atoms with van der Waals surface area (Å²) in [6.45, 7) is 4.47. The normalized spacial score (nSPS) is 13.4. The SMILES string of the molecule is COCCOC(=O)c1c(C)[nH]c(C(=O)Nc2ccc(N3CCCC3=O)c(OC)c2)c1C. The van der Waals surface area contributed by atoms with Crippen LogP contribution in [0.4, 0.5) is 11.4 Å². The Labute approximate surface area is 180 Å². The largest absolute Gasteiger partial charge is 0.494 e. The lowest BCUT2D eigenvalue weighted by molar-refractivity contribution is -0.117. The highest BCUT2D eigenvalue weighted by Gasteiger charge is 2.26. The average Bonchev–Trinajstić information content (AvgIpc) is 3.30. The van der Waals surface area contributed by atoms with Gasteiger partial charge in [-0.15, -0.1) is 0 Å². The molecule has 3 rings (SSSR count). The molecule has 9 heteroatoms. The molecule has 1 aromatic carbocycles. The van der Waals surface area contributed by atoms with E-state index in [4.69, 9.17) is 14.2 Å². The van der Waals surface area contributed by atoms with Crippen molar-refractivity contribution in [3.05, 3.63) is 40.7 Å². The Morgan fingerprint density at radius 1 is 1.19 bits per heavy atom. The Morgan fingerprint density at radius 2 is 1.97 bits per heavy atom. The van der Waals surface area contributed by atoms with Gasteiger partial charge >= 0.3 is 5.97 Å². The molecule has 0 atom stereocenters. The summed E-state index contributed by atoms with van der Waals surface area (Å²) in [5.41, 5.74) is 2.84. The number of carbonyl (C=O) groups excluding carboxylic acids is 3. The smallest absolute Gasteiger partial charge is 0.340 e. The summed E-state index contributed by atoms with van der Waals surface area (Å²) in [5.74, 6) is -0.362. The van der Waals surface area contributed by atoms with Gasteiger partial charge in [-0.05, 0) is 38.0 Å². The molecule has 2 amide bonds. The summed E-state index contributed by atoms with van der Waals surface area (Å²) in [6, 6.07) is 5.14. The van der Waals surface area contributed by atoms with Crippen LogP contribution in [0, 0.1) is 13.8 Å². The molecule has 0 radical (unpaired) electrons. The number of aryl methyl sites for hydroxylation is 1. The van der Waals surface area contributed by atoms with Crippen molar-refractivity contribution in [2.75, 3.05) is 44.2 Å². The molecule has 0 spiro atoms. The second kappa shape index (κ2) is 9.65. The molecule has 1 aromatic heterocycles. The van der Waals surface area contributed by atoms with Crippen LogP contribution in [-0.4, -0.2) is 56.7 Å². The molecule has 0 unspecified atom stereocenters. The van der Waals surface area contributed by atoms with Gasteiger partial charge in [-0.3, -0.25) is 9.59 Å². The summed E-state index contributed by atoms with van der Waals surface area (Å²) in [4.78, 5) is 41.9. The third-order valence-electron chi connectivity index (χ3n) is 5.19. The lowest BCUT2D eigenvalue weighted by atomic mass is 10.1. The zero-order valence-electron chi connectivity index (χ0n) is 18.2. The number of methoxy groups -OCH3 is 2. The maximum atomic E-state index is 12.9. The van der Waals surface area contributed by atoms with Gasteiger partial charge in [0, 0.05) is 37.5 Å². The first-order valence-corrected chi connectivity index (χ1v) is 10.0. The minimum absolute atomic E-state index is 0.0532. The molecule has 1 aliphatic rings. The Balaban J connectivity index is 1.78. The Kier molecular flexibility index (Phi) is 6.96. The number of aromatic amines is 1. The van der Waals surface area contributed by atoms with Gasteiger partial charge in [-0.1, -0.05) is 0 Å². The van der Waals surface area contributed by atoms with Gasteiger partial charge in [-0.25, -0.2) is 4.79 Å². The summed E-state index contributed by atoms with van der Waals surface area (Å²) in [7, 11) is 3.04. The van der Waals surface area contributed by atoms with Gasteiger partial charge in [0.2, 0.25) is 5.91 Å². The van der Waals surface area contributed by atoms with E-state index in [0.29, 0.717) is 53.5 Å². The molecular weight excluding hydrogens is 402 g/mol. The maximum Gasteiger partial charge on any atom is 0.340 e. The first-order valence-electron chi connectivity index (χ1n) is 10.0. The quantitative estimate of drug-likeness (QED) is 0.493. The number of nitrogens with zero attached hydrogens (tertiary/aromatic N) is 1. The minimum atomic E-state index is -0.511. The van der Waals surface area contributed by atoms with Crippen LogP contribution in [-0.2, 0) is 14.3 Å². The summed E-state index contributed by atoms with van der Waals surface area (Å²) in [5, 5.41) is 2.81. The molecule has 0 bridgehead atoms. The van der Waals surface area contributed by atoms with Crippen LogP contribution in [0.25, 0.3) is 0 Å². The Hall–Kier alpha value is -3.33. The fraction of sp³-hybridized carbons (Fsp3) is 0.409. The highest BCUT2D eigenvalue weighted by Crippen LogP contribution is 2.34. The number of rotatable bonds is 8. The van der Waals surface area contributed by atoms with Crippen LogP contribution >= 0.6 is 0 Å². The lowest BCUT2D eigenvalue weighted by Gasteiger charge is -2.19. The Morgan fingerprint density at radius 3 is 2.61 bits per heavy atom. The van der Waals surface area contributed by atoms with E-state index in [0.717, 1.165) is 6.42 Å². The van der Waals surface area contributed by atoms with Crippen molar-refractivity contribution in [3.8, 4) is 5.75 Å². The van der Waals surface area contributed by atoms with Gasteiger partial charge in [0.1, 0.15) is 18.1 Å². The number of amides is 2. The molecule has 1 saturated heterocycles. The van der Waals surface area contributed by atoms with E-state index in [1.54, 1.807) is 36.9 Å². The predicted molar refractivity (Wildman–Crippen MR) is 115 cm³/mol. The number of anilines is 2. The van der Waals surface area contributed by atoms with Crippen molar-refractivity contribution in [1.29, 1.82) is 0 Å². The van der Waals surface area contributed by atoms with Gasteiger partial charge in [0.15, 0.2) is 0 Å². The minimum Gasteiger partial charge on any atom is -0.494 e. The number of hydrogen-bond acceptors (Lipinski definition) is 6. The molecule has 2 N–H and O–H groups in total. The van der Waals surface area contributed by atoms with Crippen molar-refractivity contribution in [1.82, 2.24) is 4.98 Å². The van der Waals surface area contributed by atoms with Crippen molar-refractivity contribution >= 4 is 29.2 Å². The molecule has 2 aromatic rings. The Bertz CT molecular complexity index is 997. The molecule has 9 nitrogen and oxygen atoms in total. The lowest BCUT2D eigenvalue weighted by Crippen LogP contribution is -2.24. The molecule has 1 aliphatic heterocycles. The number of H-pyrrole nitrogens is 1. The highest BCUT2D eigenvalue weighted by atomic mass is 16.6. The molecule has 2 heterocycles. The van der Waals surface area contributed by atoms with E-state index in [2.05, 4.69) is 10.3 Å². The van der Waals surface area contributed by atoms with Crippen LogP contribution in [0.15, 0.2) is 18.2 Å². The van der Waals surface area contributed by atoms with E-state index < -0.39 is 11.9 Å². The number of carbonyl (C=O) groups is 3. The number of benzene rings is 1. The molecule has 31 heavy (non-hydrogen) atoms. The number of esters is 1. The number of hydrogen-bond donors (Lipinski definition) is 2. The van der Waals surface area contributed by atoms with Crippen LogP contribution < -0.4 is 15.0 Å². The zero-order chi connectivity index (χ0) is 22.5. The summed E-state index contributed by atoms with van der Waals surface area (Å²) < 4.78 is 15.5. The first-order chi connectivity index (χ1) is 14.9. The first kappa shape index (κ1) is 22.4. The summed E-state index contributed by atoms with van der Waals surface area (Å²) in [6.07, 6.45) is 1.32. The standard InChI is InChI=1S/C22H27N3O6/c1-13-19(22(28)31-11-10-29-3)14(2)23-20(13)21(27)24-15-7-8-16(17(12-15)30-4)25-9-5-6-18(25)26/h7-8,12,23H,5-6,9-11H2,1-4H3,(H,24,27). The van der Waals surface area contributed by atoms with Crippen molar-refractivity contribution in [2.45, 2.75) is 26.7 Å². The van der Waals surface area contributed by atoms with Crippen molar-refractivity contribution in [2.24, 2.45) is 0 Å². The monoisotopic (exact) mass is 429 g/mol. The topological polar surface area (TPSA) is 110 Å². The van der Waals surface area contributed by atoms with Crippen LogP contribution in [0.1, 0.15) is 44.9 Å². The van der Waals surface area contributed by atoms with Crippen LogP contribution in [0.3, 0.4) is 0 Å². The number of aromatic nitrogens is 1. The average molecular weight is 429 g/mol. The predicted octanol–water partition coefficient (Wildman–Crippen LogP) is 2.82. The number of ether oxygens (including phenoxy) is 3. The fourth-order valence-corrected chi connectivity index (χ4v) is 3.65. The summed E-state index contributed by atoms with van der Waals surface area (Å²) >= 11 is 0. The van der Waals surface area contributed by atoms with E-state index in [1.165, 1.54) is 14.2 Å². The highest BCUT2D eigenvalue weighted by molar-refractivity contribution is 6.07. The second-order valence-electron chi connectivity index (χ2n) is 7.24. The molecule has 166 valence electrons. The molecular formula is C22H27N3O6. The fourth-order valence-electron chi connectivity index (χ4n) is 3.65. The van der Waals surface area contributed by atoms with Crippen molar-refractivity contribution in [3.63, 3.8) is 0 Å². The number of nitrogens with one attached hydrogen (secondary N) is 2. The maximum absolute atomic E-state index is 12.9.